The quantitative estimate of drug-likeness (QED) is 0.369. The smallest absolute Gasteiger partial charge is 0.356 e. The van der Waals surface area contributed by atoms with Crippen molar-refractivity contribution in [3.05, 3.63) is 87.2 Å². The minimum Gasteiger partial charge on any atom is -0.356 e. The molecular formula is C29H29N5O+2. The zero-order valence-corrected chi connectivity index (χ0v) is 20.4. The van der Waals surface area contributed by atoms with Crippen LogP contribution in [0.15, 0.2) is 48.7 Å². The van der Waals surface area contributed by atoms with Gasteiger partial charge in [0.2, 0.25) is 6.04 Å². The van der Waals surface area contributed by atoms with Gasteiger partial charge in [-0.25, -0.2) is 4.98 Å². The van der Waals surface area contributed by atoms with Gasteiger partial charge in [0.05, 0.1) is 5.56 Å². The minimum absolute atomic E-state index is 0.176. The van der Waals surface area contributed by atoms with Crippen molar-refractivity contribution < 1.29 is 4.79 Å². The number of nitrogens with zero attached hydrogens (tertiary/aromatic N) is 4. The SMILES string of the molecule is Cc1ccc2c(c1)=[N+]=C[N+]=2C#Cc1cc(NC(=O)c2cnc(N3CCCCC3)c(C)c2)ccc1C. The molecule has 0 aliphatic carbocycles. The molecule has 35 heavy (non-hydrogen) atoms. The predicted molar refractivity (Wildman–Crippen MR) is 140 cm³/mol. The summed E-state index contributed by atoms with van der Waals surface area (Å²) in [7, 11) is 0. The number of carbonyl (C=O) groups is 1. The standard InChI is InChI=1S/C29H28N5O/c1-20-7-10-27-26(15-20)31-19-34(27)14-11-23-17-25(9-8-21(23)2)32-29(35)24-16-22(3)28(30-18-24)33-12-5-4-6-13-33/h7-10,15-19H,4-6,12-13H2,1-3H3/q+1/p+1. The molecule has 1 saturated heterocycles. The first-order valence-corrected chi connectivity index (χ1v) is 12.1. The van der Waals surface area contributed by atoms with E-state index in [0.29, 0.717) is 11.3 Å². The highest BCUT2D eigenvalue weighted by Gasteiger charge is 2.19. The second-order valence-corrected chi connectivity index (χ2v) is 9.24. The zero-order valence-electron chi connectivity index (χ0n) is 20.4. The highest BCUT2D eigenvalue weighted by molar-refractivity contribution is 6.04. The molecule has 0 bridgehead atoms. The van der Waals surface area contributed by atoms with E-state index in [0.717, 1.165) is 46.3 Å². The number of hydrogen-bond donors (Lipinski definition) is 1. The van der Waals surface area contributed by atoms with Crippen LogP contribution >= 0.6 is 0 Å². The average molecular weight is 464 g/mol. The van der Waals surface area contributed by atoms with Crippen LogP contribution in [0.2, 0.25) is 0 Å². The topological polar surface area (TPSA) is 62.3 Å². The molecule has 6 heteroatoms. The van der Waals surface area contributed by atoms with Gasteiger partial charge < -0.3 is 10.2 Å². The Labute approximate surface area is 205 Å². The van der Waals surface area contributed by atoms with E-state index < -0.39 is 0 Å². The van der Waals surface area contributed by atoms with E-state index in [1.807, 2.05) is 61.7 Å². The van der Waals surface area contributed by atoms with Crippen LogP contribution in [0.4, 0.5) is 11.5 Å². The summed E-state index contributed by atoms with van der Waals surface area (Å²) in [6, 6.07) is 17.0. The molecular weight excluding hydrogens is 434 g/mol. The van der Waals surface area contributed by atoms with Crippen molar-refractivity contribution in [3.63, 3.8) is 0 Å². The summed E-state index contributed by atoms with van der Waals surface area (Å²) in [6.07, 6.45) is 7.07. The number of pyridine rings is 1. The first kappa shape index (κ1) is 22.6. The summed E-state index contributed by atoms with van der Waals surface area (Å²) in [4.78, 5) is 19.9. The van der Waals surface area contributed by atoms with E-state index >= 15 is 0 Å². The number of anilines is 2. The molecule has 6 nitrogen and oxygen atoms in total. The van der Waals surface area contributed by atoms with Gasteiger partial charge in [-0.2, -0.15) is 0 Å². The highest BCUT2D eigenvalue weighted by atomic mass is 16.1. The van der Waals surface area contributed by atoms with Crippen molar-refractivity contribution in [2.75, 3.05) is 23.3 Å². The Kier molecular flexibility index (Phi) is 6.18. The Bertz CT molecular complexity index is 1550. The number of aromatic nitrogens is 1. The number of rotatable bonds is 3. The Morgan fingerprint density at radius 2 is 1.86 bits per heavy atom. The average Bonchev–Trinajstić information content (AvgIpc) is 3.26. The van der Waals surface area contributed by atoms with E-state index in [9.17, 15) is 4.79 Å². The minimum atomic E-state index is -0.176. The van der Waals surface area contributed by atoms with E-state index in [4.69, 9.17) is 0 Å². The van der Waals surface area contributed by atoms with Gasteiger partial charge in [0.15, 0.2) is 0 Å². The van der Waals surface area contributed by atoms with Crippen molar-refractivity contribution in [1.29, 1.82) is 0 Å². The van der Waals surface area contributed by atoms with Crippen molar-refractivity contribution in [1.82, 2.24) is 14.2 Å². The van der Waals surface area contributed by atoms with Gasteiger partial charge in [0.1, 0.15) is 5.82 Å². The molecule has 1 fully saturated rings. The lowest BCUT2D eigenvalue weighted by Gasteiger charge is -2.29. The molecule has 2 aliphatic rings. The van der Waals surface area contributed by atoms with Gasteiger partial charge in [-0.15, -0.1) is 0 Å². The molecule has 3 aromatic rings. The van der Waals surface area contributed by atoms with Gasteiger partial charge >= 0.3 is 17.1 Å². The van der Waals surface area contributed by atoms with Crippen LogP contribution in [0.5, 0.6) is 0 Å². The van der Waals surface area contributed by atoms with E-state index in [2.05, 4.69) is 37.9 Å². The van der Waals surface area contributed by atoms with Crippen LogP contribution in [0, 0.1) is 32.7 Å². The highest BCUT2D eigenvalue weighted by Crippen LogP contribution is 2.23. The molecule has 174 valence electrons. The third-order valence-corrected chi connectivity index (χ3v) is 6.48. The van der Waals surface area contributed by atoms with Crippen LogP contribution < -0.4 is 30.2 Å². The lowest BCUT2D eigenvalue weighted by molar-refractivity contribution is 0.102. The second-order valence-electron chi connectivity index (χ2n) is 9.24. The monoisotopic (exact) mass is 463 g/mol. The van der Waals surface area contributed by atoms with Crippen molar-refractivity contribution in [2.24, 2.45) is 0 Å². The summed E-state index contributed by atoms with van der Waals surface area (Å²) in [5, 5.41) is 4.90. The number of hydrogen-bond acceptors (Lipinski definition) is 3. The third kappa shape index (κ3) is 4.87. The Morgan fingerprint density at radius 3 is 2.66 bits per heavy atom. The van der Waals surface area contributed by atoms with Gasteiger partial charge in [-0.3, -0.25) is 4.79 Å². The number of carbonyl (C=O) groups excluding carboxylic acids is 1. The number of benzene rings is 2. The lowest BCUT2D eigenvalue weighted by Crippen LogP contribution is -2.32. The van der Waals surface area contributed by atoms with Crippen molar-refractivity contribution in [3.8, 4) is 12.0 Å². The molecule has 3 heterocycles. The maximum atomic E-state index is 13.0. The number of piperidine rings is 1. The Balaban J connectivity index is 1.35. The number of aryl methyl sites for hydroxylation is 3. The van der Waals surface area contributed by atoms with Crippen molar-refractivity contribution >= 4 is 23.8 Å². The van der Waals surface area contributed by atoms with Gasteiger partial charge in [-0.1, -0.05) is 12.1 Å². The molecule has 0 spiro atoms. The van der Waals surface area contributed by atoms with Gasteiger partial charge in [0, 0.05) is 48.6 Å². The maximum absolute atomic E-state index is 13.0. The second kappa shape index (κ2) is 9.58. The first-order chi connectivity index (χ1) is 17.0. The predicted octanol–water partition coefficient (Wildman–Crippen LogP) is 2.48. The fourth-order valence-corrected chi connectivity index (χ4v) is 4.50. The zero-order chi connectivity index (χ0) is 24.4. The molecule has 5 rings (SSSR count). The van der Waals surface area contributed by atoms with E-state index in [-0.39, 0.29) is 5.91 Å². The number of fused-ring (bicyclic) bond motifs is 1. The van der Waals surface area contributed by atoms with Gasteiger partial charge in [0.25, 0.3) is 5.91 Å². The summed E-state index contributed by atoms with van der Waals surface area (Å²) in [5.74, 6) is 4.04. The van der Waals surface area contributed by atoms with Crippen LogP contribution in [-0.2, 0) is 0 Å². The molecule has 1 aromatic heterocycles. The molecule has 0 unspecified atom stereocenters. The molecule has 2 aliphatic heterocycles. The molecule has 0 atom stereocenters. The summed E-state index contributed by atoms with van der Waals surface area (Å²) in [6.45, 7) is 8.14. The summed E-state index contributed by atoms with van der Waals surface area (Å²) >= 11 is 0. The lowest BCUT2D eigenvalue weighted by atomic mass is 10.1. The van der Waals surface area contributed by atoms with Crippen LogP contribution in [0.1, 0.15) is 51.9 Å². The molecule has 2 aromatic carbocycles. The third-order valence-electron chi connectivity index (χ3n) is 6.48. The number of nitrogens with one attached hydrogen (secondary N) is 1. The summed E-state index contributed by atoms with van der Waals surface area (Å²) < 4.78 is 6.27. The fraction of sp³-hybridized carbons (Fsp3) is 0.276. The molecule has 1 N–H and O–H groups in total. The maximum Gasteiger partial charge on any atom is 0.537 e. The van der Waals surface area contributed by atoms with Crippen LogP contribution in [0.3, 0.4) is 0 Å². The first-order valence-electron chi connectivity index (χ1n) is 12.1. The number of amides is 1. The Morgan fingerprint density at radius 1 is 1.03 bits per heavy atom. The molecule has 0 saturated carbocycles. The molecule has 0 radical (unpaired) electrons. The van der Waals surface area contributed by atoms with E-state index in [1.54, 1.807) is 12.5 Å². The molecule has 1 amide bonds. The normalized spacial score (nSPS) is 14.1. The van der Waals surface area contributed by atoms with Crippen LogP contribution in [0.25, 0.3) is 0 Å². The van der Waals surface area contributed by atoms with E-state index in [1.165, 1.54) is 24.8 Å². The Hall–Kier alpha value is -4.20. The fourth-order valence-electron chi connectivity index (χ4n) is 4.50. The largest absolute Gasteiger partial charge is 0.537 e. The van der Waals surface area contributed by atoms with Crippen LogP contribution in [-0.4, -0.2) is 30.3 Å². The van der Waals surface area contributed by atoms with Gasteiger partial charge in [-0.05, 0) is 84.2 Å². The van der Waals surface area contributed by atoms with Crippen molar-refractivity contribution in [2.45, 2.75) is 40.0 Å². The summed E-state index contributed by atoms with van der Waals surface area (Å²) in [5.41, 5.74) is 5.34.